The summed E-state index contributed by atoms with van der Waals surface area (Å²) in [6, 6.07) is -1.40. The molecule has 0 aromatic rings. The number of rotatable bonds is 3. The lowest BCUT2D eigenvalue weighted by atomic mass is 10.1. The van der Waals surface area contributed by atoms with E-state index in [9.17, 15) is 14.9 Å². The summed E-state index contributed by atoms with van der Waals surface area (Å²) in [5, 5.41) is 10.5. The van der Waals surface area contributed by atoms with Crippen LogP contribution in [0.5, 0.6) is 0 Å². The quantitative estimate of drug-likeness (QED) is 0.354. The molecule has 0 spiro atoms. The fraction of sp³-hybridized carbons (Fsp3) is 0.714. The molecule has 0 N–H and O–H groups in total. The first-order valence-corrected chi connectivity index (χ1v) is 3.91. The second-order valence-electron chi connectivity index (χ2n) is 2.69. The molecule has 0 radical (unpaired) electrons. The van der Waals surface area contributed by atoms with Gasteiger partial charge in [-0.3, -0.25) is 15.1 Å². The van der Waals surface area contributed by atoms with Gasteiger partial charge in [0.1, 0.15) is 0 Å². The third-order valence-electron chi connectivity index (χ3n) is 1.86. The Morgan fingerprint density at radius 2 is 2.46 bits per heavy atom. The number of carbonyl (C=O) groups excluding carboxylic acids is 1. The van der Waals surface area contributed by atoms with E-state index in [4.69, 9.17) is 0 Å². The monoisotopic (exact) mass is 186 g/mol. The van der Waals surface area contributed by atoms with Crippen molar-refractivity contribution >= 4 is 11.7 Å². The van der Waals surface area contributed by atoms with Gasteiger partial charge in [0.25, 0.3) is 0 Å². The summed E-state index contributed by atoms with van der Waals surface area (Å²) < 4.78 is 4.32. The molecule has 1 rings (SSSR count). The summed E-state index contributed by atoms with van der Waals surface area (Å²) in [5.74, 6) is -0.842. The van der Waals surface area contributed by atoms with Crippen molar-refractivity contribution in [2.75, 3.05) is 13.7 Å². The molecule has 0 saturated carbocycles. The zero-order valence-corrected chi connectivity index (χ0v) is 7.23. The Hall–Kier alpha value is -1.46. The average molecular weight is 186 g/mol. The van der Waals surface area contributed by atoms with Crippen molar-refractivity contribution in [3.8, 4) is 0 Å². The van der Waals surface area contributed by atoms with Gasteiger partial charge in [-0.25, -0.2) is 4.79 Å². The summed E-state index contributed by atoms with van der Waals surface area (Å²) >= 11 is 0. The second-order valence-corrected chi connectivity index (χ2v) is 2.69. The third-order valence-corrected chi connectivity index (χ3v) is 1.86. The Kier molecular flexibility index (Phi) is 2.94. The highest BCUT2D eigenvalue weighted by molar-refractivity contribution is 6.05. The van der Waals surface area contributed by atoms with Crippen LogP contribution in [0.3, 0.4) is 0 Å². The predicted molar refractivity (Wildman–Crippen MR) is 44.3 cm³/mol. The Balaban J connectivity index is 2.78. The number of hydrogen-bond acceptors (Lipinski definition) is 5. The van der Waals surface area contributed by atoms with Gasteiger partial charge in [0, 0.05) is 11.5 Å². The van der Waals surface area contributed by atoms with E-state index in [-0.39, 0.29) is 0 Å². The highest BCUT2D eigenvalue weighted by Gasteiger charge is 2.37. The van der Waals surface area contributed by atoms with Gasteiger partial charge in [0.05, 0.1) is 12.8 Å². The van der Waals surface area contributed by atoms with Crippen molar-refractivity contribution in [1.29, 1.82) is 0 Å². The van der Waals surface area contributed by atoms with Gasteiger partial charge >= 0.3 is 12.0 Å². The van der Waals surface area contributed by atoms with Gasteiger partial charge in [0.2, 0.25) is 0 Å². The molecule has 1 aliphatic heterocycles. The van der Waals surface area contributed by atoms with E-state index < -0.39 is 16.9 Å². The summed E-state index contributed by atoms with van der Waals surface area (Å²) in [7, 11) is 1.13. The molecule has 72 valence electrons. The van der Waals surface area contributed by atoms with Crippen LogP contribution >= 0.6 is 0 Å². The maximum atomic E-state index is 11.0. The Morgan fingerprint density at radius 1 is 1.77 bits per heavy atom. The van der Waals surface area contributed by atoms with Crippen LogP contribution in [0.15, 0.2) is 4.99 Å². The molecule has 0 aromatic heterocycles. The summed E-state index contributed by atoms with van der Waals surface area (Å²) in [5.41, 5.74) is 0.330. The van der Waals surface area contributed by atoms with Crippen molar-refractivity contribution in [2.45, 2.75) is 18.9 Å². The topological polar surface area (TPSA) is 81.8 Å². The van der Waals surface area contributed by atoms with Gasteiger partial charge in [-0.2, -0.15) is 0 Å². The second kappa shape index (κ2) is 3.97. The summed E-state index contributed by atoms with van der Waals surface area (Å²) in [6.45, 7) is 0.566. The third kappa shape index (κ3) is 2.01. The molecule has 6 heteroatoms. The van der Waals surface area contributed by atoms with Crippen LogP contribution in [0, 0.1) is 10.1 Å². The van der Waals surface area contributed by atoms with E-state index in [1.54, 1.807) is 0 Å². The molecule has 0 bridgehead atoms. The van der Waals surface area contributed by atoms with E-state index in [1.165, 1.54) is 0 Å². The predicted octanol–water partition coefficient (Wildman–Crippen LogP) is 0.0395. The number of methoxy groups -OCH3 is 1. The molecule has 1 aliphatic rings. The molecule has 1 unspecified atom stereocenters. The van der Waals surface area contributed by atoms with Crippen LogP contribution in [0.4, 0.5) is 0 Å². The molecule has 0 amide bonds. The largest absolute Gasteiger partial charge is 0.464 e. The molecule has 0 aromatic carbocycles. The average Bonchev–Trinajstić information content (AvgIpc) is 2.56. The lowest BCUT2D eigenvalue weighted by molar-refractivity contribution is -0.492. The van der Waals surface area contributed by atoms with Crippen molar-refractivity contribution in [3.63, 3.8) is 0 Å². The number of hydrogen-bond donors (Lipinski definition) is 0. The Morgan fingerprint density at radius 3 is 2.85 bits per heavy atom. The molecule has 0 saturated heterocycles. The highest BCUT2D eigenvalue weighted by atomic mass is 16.6. The number of esters is 1. The number of aliphatic imine (C=N–C) groups is 1. The van der Waals surface area contributed by atoms with Crippen LogP contribution in [-0.2, 0) is 9.53 Å². The number of ether oxygens (including phenoxy) is 1. The van der Waals surface area contributed by atoms with Crippen molar-refractivity contribution < 1.29 is 14.5 Å². The van der Waals surface area contributed by atoms with Crippen LogP contribution in [-0.4, -0.2) is 36.3 Å². The number of carbonyl (C=O) groups is 1. The molecule has 1 atom stereocenters. The smallest absolute Gasteiger partial charge is 0.387 e. The first-order chi connectivity index (χ1) is 6.16. The first-order valence-electron chi connectivity index (χ1n) is 3.91. The molecular formula is C7H10N2O4. The van der Waals surface area contributed by atoms with Gasteiger partial charge < -0.3 is 4.74 Å². The minimum atomic E-state index is -1.40. The Labute approximate surface area is 74.7 Å². The minimum Gasteiger partial charge on any atom is -0.464 e. The van der Waals surface area contributed by atoms with Crippen LogP contribution in [0.25, 0.3) is 0 Å². The van der Waals surface area contributed by atoms with Crippen LogP contribution in [0.1, 0.15) is 12.8 Å². The number of nitro groups is 1. The van der Waals surface area contributed by atoms with E-state index in [0.717, 1.165) is 13.5 Å². The standard InChI is InChI=1S/C7H10N2O4/c1-13-7(10)6(9(11)12)5-3-2-4-8-5/h6H,2-4H2,1H3. The molecule has 0 aliphatic carbocycles. The van der Waals surface area contributed by atoms with Gasteiger partial charge in [-0.1, -0.05) is 0 Å². The zero-order chi connectivity index (χ0) is 9.84. The molecule has 0 fully saturated rings. The van der Waals surface area contributed by atoms with E-state index in [2.05, 4.69) is 9.73 Å². The Bertz CT molecular complexity index is 261. The van der Waals surface area contributed by atoms with Crippen LogP contribution in [0.2, 0.25) is 0 Å². The van der Waals surface area contributed by atoms with Gasteiger partial charge in [-0.15, -0.1) is 0 Å². The lowest BCUT2D eigenvalue weighted by Gasteiger charge is -2.05. The SMILES string of the molecule is COC(=O)C(C1=NCCC1)[N+](=O)[O-]. The normalized spacial score (nSPS) is 17.8. The minimum absolute atomic E-state index is 0.330. The van der Waals surface area contributed by atoms with Crippen molar-refractivity contribution in [1.82, 2.24) is 0 Å². The molecule has 13 heavy (non-hydrogen) atoms. The maximum Gasteiger partial charge on any atom is 0.387 e. The van der Waals surface area contributed by atoms with E-state index >= 15 is 0 Å². The van der Waals surface area contributed by atoms with Crippen LogP contribution < -0.4 is 0 Å². The van der Waals surface area contributed by atoms with E-state index in [1.807, 2.05) is 0 Å². The molecular weight excluding hydrogens is 176 g/mol. The highest BCUT2D eigenvalue weighted by Crippen LogP contribution is 2.10. The summed E-state index contributed by atoms with van der Waals surface area (Å²) in [4.78, 5) is 24.8. The van der Waals surface area contributed by atoms with Crippen molar-refractivity contribution in [2.24, 2.45) is 4.99 Å². The first kappa shape index (κ1) is 9.63. The van der Waals surface area contributed by atoms with E-state index in [0.29, 0.717) is 18.7 Å². The van der Waals surface area contributed by atoms with Crippen molar-refractivity contribution in [3.05, 3.63) is 10.1 Å². The summed E-state index contributed by atoms with van der Waals surface area (Å²) in [6.07, 6.45) is 1.29. The molecule has 1 heterocycles. The zero-order valence-electron chi connectivity index (χ0n) is 7.23. The fourth-order valence-corrected chi connectivity index (χ4v) is 1.24. The van der Waals surface area contributed by atoms with Gasteiger partial charge in [0.15, 0.2) is 0 Å². The lowest BCUT2D eigenvalue weighted by Crippen LogP contribution is -2.37. The fourth-order valence-electron chi connectivity index (χ4n) is 1.24. The number of nitrogens with zero attached hydrogens (tertiary/aromatic N) is 2. The molecule has 6 nitrogen and oxygen atoms in total. The maximum absolute atomic E-state index is 11.0. The van der Waals surface area contributed by atoms with Gasteiger partial charge in [-0.05, 0) is 12.8 Å².